The minimum absolute atomic E-state index is 0.203. The molecule has 262 valence electrons. The molecule has 0 atom stereocenters. The van der Waals surface area contributed by atoms with Crippen LogP contribution in [-0.2, 0) is 29.7 Å². The zero-order chi connectivity index (χ0) is 36.9. The zero-order valence-corrected chi connectivity index (χ0v) is 34.9. The van der Waals surface area contributed by atoms with Crippen LogP contribution >= 0.6 is 17.0 Å². The normalized spacial score (nSPS) is 11.5. The summed E-state index contributed by atoms with van der Waals surface area (Å²) in [5.41, 5.74) is 8.11. The average Bonchev–Trinajstić information content (AvgIpc) is 3.77. The SMILES string of the molecule is CC(C)(C)c1ccc2c(c1)[cH-]c1cc(C(C)(C)C)ccc12.[Cl][Zr]([Cl])=[C](c1ccccc1)c1ccccc1.c1ccc(-c2cccc3[cH-]ccc23)cc1. The van der Waals surface area contributed by atoms with E-state index in [0.29, 0.717) is 0 Å². The van der Waals surface area contributed by atoms with Crippen molar-refractivity contribution >= 4 is 52.5 Å². The predicted octanol–water partition coefficient (Wildman–Crippen LogP) is 14.7. The van der Waals surface area contributed by atoms with E-state index in [-0.39, 0.29) is 10.8 Å². The van der Waals surface area contributed by atoms with Crippen molar-refractivity contribution in [2.75, 3.05) is 0 Å². The molecule has 0 unspecified atom stereocenters. The fourth-order valence-electron chi connectivity index (χ4n) is 6.58. The summed E-state index contributed by atoms with van der Waals surface area (Å²) in [6.45, 7) is 13.6. The molecule has 52 heavy (non-hydrogen) atoms. The van der Waals surface area contributed by atoms with Crippen LogP contribution in [0.5, 0.6) is 0 Å². The van der Waals surface area contributed by atoms with Crippen molar-refractivity contribution in [2.45, 2.75) is 52.4 Å². The van der Waals surface area contributed by atoms with Crippen LogP contribution in [0.4, 0.5) is 0 Å². The number of fused-ring (bicyclic) bond motifs is 4. The van der Waals surface area contributed by atoms with Gasteiger partial charge in [-0.15, -0.1) is 68.7 Å². The molecule has 0 N–H and O–H groups in total. The molecule has 0 aliphatic heterocycles. The summed E-state index contributed by atoms with van der Waals surface area (Å²) in [5.74, 6) is 0. The van der Waals surface area contributed by atoms with Crippen molar-refractivity contribution in [3.8, 4) is 11.1 Å². The smallest absolute Gasteiger partial charge is 0.0279 e. The van der Waals surface area contributed by atoms with Crippen LogP contribution in [0.1, 0.15) is 63.8 Å². The van der Waals surface area contributed by atoms with Crippen molar-refractivity contribution in [3.63, 3.8) is 0 Å². The van der Waals surface area contributed by atoms with Crippen molar-refractivity contribution in [3.05, 3.63) is 192 Å². The molecule has 0 bridgehead atoms. The molecule has 8 aromatic rings. The van der Waals surface area contributed by atoms with Gasteiger partial charge in [-0.05, 0) is 16.4 Å². The number of halogens is 2. The van der Waals surface area contributed by atoms with Gasteiger partial charge in [0, 0.05) is 0 Å². The third kappa shape index (κ3) is 9.01. The van der Waals surface area contributed by atoms with Crippen molar-refractivity contribution in [1.29, 1.82) is 0 Å². The monoisotopic (exact) mass is 794 g/mol. The average molecular weight is 797 g/mol. The van der Waals surface area contributed by atoms with E-state index in [1.54, 1.807) is 0 Å². The van der Waals surface area contributed by atoms with Gasteiger partial charge in [0.15, 0.2) is 0 Å². The van der Waals surface area contributed by atoms with Gasteiger partial charge in [0.25, 0.3) is 0 Å². The molecule has 8 rings (SSSR count). The number of rotatable bonds is 3. The molecule has 8 aromatic carbocycles. The fourth-order valence-corrected chi connectivity index (χ4v) is 11.1. The number of hydrogen-bond acceptors (Lipinski definition) is 0. The quantitative estimate of drug-likeness (QED) is 0.156. The van der Waals surface area contributed by atoms with E-state index < -0.39 is 18.9 Å². The van der Waals surface area contributed by atoms with Crippen LogP contribution < -0.4 is 0 Å². The van der Waals surface area contributed by atoms with Gasteiger partial charge in [-0.1, -0.05) is 119 Å². The Kier molecular flexibility index (Phi) is 12.0. The molecule has 0 heterocycles. The summed E-state index contributed by atoms with van der Waals surface area (Å²) in [7, 11) is 12.5. The van der Waals surface area contributed by atoms with Crippen LogP contribution in [0.2, 0.25) is 0 Å². The Hall–Kier alpha value is -3.87. The first-order chi connectivity index (χ1) is 24.9. The van der Waals surface area contributed by atoms with E-state index in [9.17, 15) is 0 Å². The minimum Gasteiger partial charge on any atom is -0.168 e. The summed E-state index contributed by atoms with van der Waals surface area (Å²) in [4.78, 5) is 0. The maximum absolute atomic E-state index is 6.24. The fraction of sp³-hybridized carbons (Fsp3) is 0.163. The molecule has 0 aliphatic rings. The van der Waals surface area contributed by atoms with E-state index >= 15 is 0 Å². The van der Waals surface area contributed by atoms with E-state index in [2.05, 4.69) is 175 Å². The molecule has 0 nitrogen and oxygen atoms in total. The summed E-state index contributed by atoms with van der Waals surface area (Å²) >= 11 is -2.44. The van der Waals surface area contributed by atoms with E-state index in [4.69, 9.17) is 17.0 Å². The van der Waals surface area contributed by atoms with Crippen molar-refractivity contribution < 1.29 is 18.9 Å². The molecule has 0 aliphatic carbocycles. The molecular formula is C49H46Cl2Zr-2. The minimum atomic E-state index is -2.44. The van der Waals surface area contributed by atoms with E-state index in [1.165, 1.54) is 54.6 Å². The molecule has 0 radical (unpaired) electrons. The standard InChI is InChI=1S/C21H25.C15H11.C13H10.2ClH.Zr/c1-20(2,3)16-7-9-18-14(12-16)11-15-13-17(21(4,5)6)8-10-19(15)18;1-2-6-12(7-3-1)14-10-4-8-13-9-5-11-15(13)14;1-3-7-12(8-4-1)11-13-9-5-2-6-10-13;;;/h7-13H,1-6H3;1-11H;1-10H;2*1H;/q2*-1;;;;+2/p-2. The van der Waals surface area contributed by atoms with Crippen LogP contribution in [0.15, 0.2) is 170 Å². The summed E-state index contributed by atoms with van der Waals surface area (Å²) in [6.07, 6.45) is 0. The molecule has 0 saturated carbocycles. The van der Waals surface area contributed by atoms with Gasteiger partial charge in [-0.3, -0.25) is 0 Å². The predicted molar refractivity (Wildman–Crippen MR) is 227 cm³/mol. The molecule has 0 spiro atoms. The van der Waals surface area contributed by atoms with Gasteiger partial charge >= 0.3 is 111 Å². The Morgan fingerprint density at radius 2 is 0.962 bits per heavy atom. The third-order valence-corrected chi connectivity index (χ3v) is 14.1. The Balaban J connectivity index is 0.000000136. The summed E-state index contributed by atoms with van der Waals surface area (Å²) in [6, 6.07) is 59.9. The van der Waals surface area contributed by atoms with Gasteiger partial charge in [0.1, 0.15) is 0 Å². The number of hydrogen-bond donors (Lipinski definition) is 0. The summed E-state index contributed by atoms with van der Waals surface area (Å²) in [5, 5.41) is 8.13. The van der Waals surface area contributed by atoms with Crippen LogP contribution in [0.3, 0.4) is 0 Å². The van der Waals surface area contributed by atoms with Crippen LogP contribution in [-0.4, -0.2) is 3.21 Å². The topological polar surface area (TPSA) is 0 Å². The van der Waals surface area contributed by atoms with Crippen molar-refractivity contribution in [1.82, 2.24) is 0 Å². The Bertz CT molecular complexity index is 2300. The molecule has 0 saturated heterocycles. The van der Waals surface area contributed by atoms with Gasteiger partial charge in [-0.2, -0.15) is 12.1 Å². The second-order valence-electron chi connectivity index (χ2n) is 15.3. The molecule has 0 fully saturated rings. The zero-order valence-electron chi connectivity index (χ0n) is 30.9. The first kappa shape index (κ1) is 37.9. The van der Waals surface area contributed by atoms with Gasteiger partial charge in [0.05, 0.1) is 0 Å². The van der Waals surface area contributed by atoms with E-state index in [1.807, 2.05) is 36.4 Å². The van der Waals surface area contributed by atoms with Gasteiger partial charge in [0.2, 0.25) is 0 Å². The second-order valence-corrected chi connectivity index (χ2v) is 23.4. The summed E-state index contributed by atoms with van der Waals surface area (Å²) < 4.78 is 1.15. The molecule has 0 amide bonds. The van der Waals surface area contributed by atoms with Crippen molar-refractivity contribution in [2.24, 2.45) is 0 Å². The Labute approximate surface area is 324 Å². The number of benzene rings is 6. The first-order valence-corrected chi connectivity index (χ1v) is 25.5. The molecular weight excluding hydrogens is 751 g/mol. The van der Waals surface area contributed by atoms with Gasteiger partial charge in [-0.25, -0.2) is 0 Å². The molecule has 0 aromatic heterocycles. The van der Waals surface area contributed by atoms with Crippen LogP contribution in [0, 0.1) is 0 Å². The van der Waals surface area contributed by atoms with E-state index in [0.717, 1.165) is 14.3 Å². The molecule has 3 heteroatoms. The van der Waals surface area contributed by atoms with Gasteiger partial charge < -0.3 is 0 Å². The maximum Gasteiger partial charge on any atom is -0.0279 e. The maximum atomic E-state index is 6.24. The Morgan fingerprint density at radius 3 is 1.42 bits per heavy atom. The van der Waals surface area contributed by atoms with Crippen LogP contribution in [0.25, 0.3) is 43.4 Å². The Morgan fingerprint density at radius 1 is 0.481 bits per heavy atom. The first-order valence-electron chi connectivity index (χ1n) is 17.9. The largest absolute Gasteiger partial charge is 0.168 e. The third-order valence-electron chi connectivity index (χ3n) is 9.51. The second kappa shape index (κ2) is 16.4.